The number of rotatable bonds is 2. The number of nitrogens with zero attached hydrogens (tertiary/aromatic N) is 1. The van der Waals surface area contributed by atoms with Crippen LogP contribution < -0.4 is 0 Å². The van der Waals surface area contributed by atoms with Crippen LogP contribution in [0.25, 0.3) is 0 Å². The van der Waals surface area contributed by atoms with E-state index in [4.69, 9.17) is 5.48 Å². The Morgan fingerprint density at radius 2 is 2.18 bits per heavy atom. The molecule has 2 heterocycles. The van der Waals surface area contributed by atoms with E-state index in [-0.39, 0.29) is 11.3 Å². The average Bonchev–Trinajstić information content (AvgIpc) is 3.16. The van der Waals surface area contributed by atoms with Gasteiger partial charge in [0.1, 0.15) is 6.17 Å². The van der Waals surface area contributed by atoms with Gasteiger partial charge in [-0.05, 0) is 56.3 Å². The topological polar surface area (TPSA) is 3.24 Å². The summed E-state index contributed by atoms with van der Waals surface area (Å²) in [6.07, 6.45) is 0.843. The molecule has 4 aliphatic rings. The molecule has 2 aliphatic heterocycles. The SMILES string of the molecule is [2H]C1([2H])CC2(CC2)[C@@]2(C([2H])([2H])C(C)C)C[C@@]3(C[C@H]3F)CN12. The van der Waals surface area contributed by atoms with Crippen molar-refractivity contribution in [2.24, 2.45) is 16.7 Å². The molecule has 3 atom stereocenters. The molecule has 0 N–H and O–H groups in total. The summed E-state index contributed by atoms with van der Waals surface area (Å²) in [7, 11) is 0. The predicted molar refractivity (Wildman–Crippen MR) is 66.6 cm³/mol. The van der Waals surface area contributed by atoms with E-state index in [9.17, 15) is 4.39 Å². The minimum Gasteiger partial charge on any atom is -0.296 e. The van der Waals surface area contributed by atoms with Crippen molar-refractivity contribution in [2.45, 2.75) is 64.0 Å². The largest absolute Gasteiger partial charge is 0.296 e. The molecular formula is C15H24FN. The lowest BCUT2D eigenvalue weighted by Crippen LogP contribution is -2.45. The summed E-state index contributed by atoms with van der Waals surface area (Å²) >= 11 is 0. The molecule has 0 aromatic rings. The van der Waals surface area contributed by atoms with Crippen LogP contribution in [0.4, 0.5) is 4.39 Å². The lowest BCUT2D eigenvalue weighted by Gasteiger charge is -2.39. The second-order valence-corrected chi connectivity index (χ2v) is 7.07. The number of hydrogen-bond acceptors (Lipinski definition) is 1. The van der Waals surface area contributed by atoms with Crippen LogP contribution in [0, 0.1) is 16.7 Å². The van der Waals surface area contributed by atoms with Gasteiger partial charge < -0.3 is 0 Å². The van der Waals surface area contributed by atoms with E-state index in [0.717, 1.165) is 12.8 Å². The van der Waals surface area contributed by atoms with Crippen LogP contribution in [0.3, 0.4) is 0 Å². The van der Waals surface area contributed by atoms with Crippen LogP contribution in [-0.4, -0.2) is 29.7 Å². The van der Waals surface area contributed by atoms with Gasteiger partial charge in [0.15, 0.2) is 0 Å². The Hall–Kier alpha value is -0.110. The van der Waals surface area contributed by atoms with Gasteiger partial charge in [-0.25, -0.2) is 4.39 Å². The summed E-state index contributed by atoms with van der Waals surface area (Å²) in [6.45, 7) is 2.66. The number of halogens is 1. The van der Waals surface area contributed by atoms with Crippen molar-refractivity contribution >= 4 is 0 Å². The highest BCUT2D eigenvalue weighted by Crippen LogP contribution is 2.73. The second kappa shape index (κ2) is 2.89. The van der Waals surface area contributed by atoms with E-state index in [1.165, 1.54) is 0 Å². The van der Waals surface area contributed by atoms with Gasteiger partial charge in [-0.3, -0.25) is 4.90 Å². The van der Waals surface area contributed by atoms with E-state index < -0.39 is 30.0 Å². The monoisotopic (exact) mass is 241 g/mol. The molecule has 17 heavy (non-hydrogen) atoms. The summed E-state index contributed by atoms with van der Waals surface area (Å²) in [6, 6.07) is 0. The Balaban J connectivity index is 1.87. The molecule has 0 bridgehead atoms. The van der Waals surface area contributed by atoms with Crippen LogP contribution in [0.1, 0.15) is 57.8 Å². The van der Waals surface area contributed by atoms with Gasteiger partial charge >= 0.3 is 0 Å². The molecule has 0 radical (unpaired) electrons. The summed E-state index contributed by atoms with van der Waals surface area (Å²) in [5.41, 5.74) is -1.54. The summed E-state index contributed by atoms with van der Waals surface area (Å²) in [5, 5.41) is 0. The van der Waals surface area contributed by atoms with Gasteiger partial charge in [0.25, 0.3) is 0 Å². The smallest absolute Gasteiger partial charge is 0.108 e. The minimum atomic E-state index is -1.50. The predicted octanol–water partition coefficient (Wildman–Crippen LogP) is 3.39. The normalized spacial score (nSPS) is 57.8. The zero-order chi connectivity index (χ0) is 15.5. The van der Waals surface area contributed by atoms with E-state index in [1.807, 2.05) is 13.8 Å². The van der Waals surface area contributed by atoms with Gasteiger partial charge in [-0.15, -0.1) is 0 Å². The quantitative estimate of drug-likeness (QED) is 0.716. The standard InChI is InChI=1S/C15H24FN/c1-11(2)7-15-9-13(8-12(13)16)10-17(15)6-5-14(15)3-4-14/h11-12H,3-10H2,1-2H3/t12-,13+,15-/m1/s1/i6D2,7D2. The Kier molecular flexibility index (Phi) is 1.27. The molecule has 1 nitrogen and oxygen atoms in total. The van der Waals surface area contributed by atoms with E-state index >= 15 is 0 Å². The molecule has 4 rings (SSSR count). The minimum absolute atomic E-state index is 0.196. The van der Waals surface area contributed by atoms with Gasteiger partial charge in [0.2, 0.25) is 0 Å². The Bertz CT molecular complexity index is 504. The van der Waals surface area contributed by atoms with Crippen molar-refractivity contribution in [3.63, 3.8) is 0 Å². The number of alkyl halides is 1. The average molecular weight is 241 g/mol. The molecule has 2 saturated carbocycles. The van der Waals surface area contributed by atoms with Gasteiger partial charge in [0, 0.05) is 23.0 Å². The highest BCUT2D eigenvalue weighted by Gasteiger charge is 2.74. The van der Waals surface area contributed by atoms with Crippen molar-refractivity contribution in [2.75, 3.05) is 13.0 Å². The molecule has 0 unspecified atom stereocenters. The first-order chi connectivity index (χ1) is 9.53. The maximum atomic E-state index is 14.0. The third kappa shape index (κ3) is 1.18. The number of hydrogen-bond donors (Lipinski definition) is 0. The van der Waals surface area contributed by atoms with Crippen LogP contribution in [-0.2, 0) is 0 Å². The van der Waals surface area contributed by atoms with Crippen molar-refractivity contribution in [1.29, 1.82) is 0 Å². The first-order valence-corrected chi connectivity index (χ1v) is 6.95. The van der Waals surface area contributed by atoms with Crippen LogP contribution in [0.15, 0.2) is 0 Å². The first-order valence-electron chi connectivity index (χ1n) is 8.95. The fourth-order valence-electron chi connectivity index (χ4n) is 4.31. The zero-order valence-corrected chi connectivity index (χ0v) is 10.7. The molecule has 0 aromatic heterocycles. The molecule has 96 valence electrons. The molecule has 4 fully saturated rings. The molecular weight excluding hydrogens is 213 g/mol. The van der Waals surface area contributed by atoms with Crippen LogP contribution in [0.2, 0.25) is 0 Å². The van der Waals surface area contributed by atoms with E-state index in [2.05, 4.69) is 0 Å². The van der Waals surface area contributed by atoms with E-state index in [1.54, 1.807) is 4.90 Å². The highest BCUT2D eigenvalue weighted by atomic mass is 19.1. The molecule has 2 spiro atoms. The number of fused-ring (bicyclic) bond motifs is 2. The zero-order valence-electron chi connectivity index (χ0n) is 14.7. The van der Waals surface area contributed by atoms with Gasteiger partial charge in [0.05, 0.1) is 0 Å². The molecule has 0 amide bonds. The fraction of sp³-hybridized carbons (Fsp3) is 1.00. The lowest BCUT2D eigenvalue weighted by molar-refractivity contribution is 0.107. The molecule has 0 aromatic carbocycles. The lowest BCUT2D eigenvalue weighted by atomic mass is 9.72. The van der Waals surface area contributed by atoms with E-state index in [0.29, 0.717) is 25.8 Å². The molecule has 2 aliphatic carbocycles. The summed E-state index contributed by atoms with van der Waals surface area (Å²) in [5.74, 6) is -0.196. The van der Waals surface area contributed by atoms with Gasteiger partial charge in [-0.2, -0.15) is 0 Å². The molecule has 2 heteroatoms. The highest BCUT2D eigenvalue weighted by molar-refractivity contribution is 5.27. The maximum absolute atomic E-state index is 14.0. The van der Waals surface area contributed by atoms with Crippen molar-refractivity contribution < 1.29 is 9.87 Å². The Labute approximate surface area is 109 Å². The van der Waals surface area contributed by atoms with Crippen LogP contribution in [0.5, 0.6) is 0 Å². The van der Waals surface area contributed by atoms with Crippen molar-refractivity contribution in [3.05, 3.63) is 0 Å². The maximum Gasteiger partial charge on any atom is 0.108 e. The van der Waals surface area contributed by atoms with Gasteiger partial charge in [-0.1, -0.05) is 13.8 Å². The van der Waals surface area contributed by atoms with Crippen LogP contribution >= 0.6 is 0 Å². The van der Waals surface area contributed by atoms with Crippen molar-refractivity contribution in [3.8, 4) is 0 Å². The third-order valence-corrected chi connectivity index (χ3v) is 5.50. The fourth-order valence-corrected chi connectivity index (χ4v) is 4.31. The Morgan fingerprint density at radius 3 is 2.71 bits per heavy atom. The Morgan fingerprint density at radius 1 is 1.47 bits per heavy atom. The third-order valence-electron chi connectivity index (χ3n) is 5.50. The summed E-state index contributed by atoms with van der Waals surface area (Å²) < 4.78 is 48.4. The summed E-state index contributed by atoms with van der Waals surface area (Å²) in [4.78, 5) is 1.76. The molecule has 2 saturated heterocycles. The second-order valence-electron chi connectivity index (χ2n) is 7.07. The first kappa shape index (κ1) is 7.47. The van der Waals surface area contributed by atoms with Crippen molar-refractivity contribution in [1.82, 2.24) is 4.90 Å².